The third kappa shape index (κ3) is 4.92. The fourth-order valence-electron chi connectivity index (χ4n) is 3.94. The predicted molar refractivity (Wildman–Crippen MR) is 128 cm³/mol. The Hall–Kier alpha value is -3.00. The topological polar surface area (TPSA) is 81.0 Å². The van der Waals surface area contributed by atoms with E-state index >= 15 is 0 Å². The van der Waals surface area contributed by atoms with Crippen molar-refractivity contribution >= 4 is 37.5 Å². The van der Waals surface area contributed by atoms with Crippen molar-refractivity contribution in [3.8, 4) is 18.1 Å². The minimum absolute atomic E-state index is 0.000378. The smallest absolute Gasteiger partial charge is 0.252 e. The van der Waals surface area contributed by atoms with Gasteiger partial charge in [0.2, 0.25) is 10.0 Å². The molecule has 2 aromatic carbocycles. The molecule has 7 nitrogen and oxygen atoms in total. The highest BCUT2D eigenvalue weighted by atomic mass is 32.2. The molecule has 4 rings (SSSR count). The number of halogens is 1. The normalized spacial score (nSPS) is 17.6. The second-order valence-corrected chi connectivity index (χ2v) is 10.8. The van der Waals surface area contributed by atoms with Crippen molar-refractivity contribution in [1.82, 2.24) is 8.87 Å². The van der Waals surface area contributed by atoms with Crippen LogP contribution in [-0.2, 0) is 21.4 Å². The molecule has 178 valence electrons. The second-order valence-electron chi connectivity index (χ2n) is 7.84. The van der Waals surface area contributed by atoms with E-state index in [0.29, 0.717) is 30.8 Å². The van der Waals surface area contributed by atoms with E-state index in [9.17, 15) is 17.6 Å². The van der Waals surface area contributed by atoms with Crippen LogP contribution in [0.5, 0.6) is 5.75 Å². The SMILES string of the molecule is C#CCn1c(=NC(=O)C2CCCN(S(=O)(=O)c3ccc(F)cc3)C2)sc2cc(OCC)ccc21. The van der Waals surface area contributed by atoms with E-state index in [4.69, 9.17) is 11.2 Å². The number of piperidine rings is 1. The van der Waals surface area contributed by atoms with Gasteiger partial charge in [-0.15, -0.1) is 6.42 Å². The van der Waals surface area contributed by atoms with Gasteiger partial charge in [-0.25, -0.2) is 12.8 Å². The number of thiazole rings is 1. The average Bonchev–Trinajstić information content (AvgIpc) is 3.16. The molecule has 3 aromatic rings. The molecule has 1 saturated heterocycles. The van der Waals surface area contributed by atoms with Crippen LogP contribution in [0.15, 0.2) is 52.4 Å². The number of amides is 1. The number of terminal acetylenes is 1. The van der Waals surface area contributed by atoms with Crippen LogP contribution in [0.25, 0.3) is 10.2 Å². The van der Waals surface area contributed by atoms with Gasteiger partial charge in [-0.3, -0.25) is 4.79 Å². The van der Waals surface area contributed by atoms with Gasteiger partial charge in [0.25, 0.3) is 5.91 Å². The molecule has 1 aromatic heterocycles. The van der Waals surface area contributed by atoms with Crippen molar-refractivity contribution in [2.75, 3.05) is 19.7 Å². The lowest BCUT2D eigenvalue weighted by atomic mass is 9.99. The van der Waals surface area contributed by atoms with Crippen LogP contribution >= 0.6 is 11.3 Å². The van der Waals surface area contributed by atoms with Gasteiger partial charge in [0, 0.05) is 13.1 Å². The lowest BCUT2D eigenvalue weighted by molar-refractivity contribution is -0.122. The Morgan fingerprint density at radius 3 is 2.76 bits per heavy atom. The van der Waals surface area contributed by atoms with Gasteiger partial charge in [-0.1, -0.05) is 17.3 Å². The maximum atomic E-state index is 13.2. The minimum atomic E-state index is -3.84. The molecule has 1 fully saturated rings. The van der Waals surface area contributed by atoms with E-state index in [1.165, 1.54) is 27.8 Å². The number of rotatable bonds is 6. The maximum Gasteiger partial charge on any atom is 0.252 e. The summed E-state index contributed by atoms with van der Waals surface area (Å²) in [5.74, 6) is 1.84. The van der Waals surface area contributed by atoms with E-state index in [-0.39, 0.29) is 23.9 Å². The monoisotopic (exact) mass is 501 g/mol. The summed E-state index contributed by atoms with van der Waals surface area (Å²) in [6.45, 7) is 3.01. The number of benzene rings is 2. The minimum Gasteiger partial charge on any atom is -0.494 e. The highest BCUT2D eigenvalue weighted by Gasteiger charge is 2.33. The molecule has 34 heavy (non-hydrogen) atoms. The predicted octanol–water partition coefficient (Wildman–Crippen LogP) is 3.40. The van der Waals surface area contributed by atoms with Crippen molar-refractivity contribution in [2.24, 2.45) is 10.9 Å². The molecule has 1 amide bonds. The van der Waals surface area contributed by atoms with E-state index in [0.717, 1.165) is 28.1 Å². The number of hydrogen-bond acceptors (Lipinski definition) is 5. The molecular formula is C24H24FN3O4S2. The number of hydrogen-bond donors (Lipinski definition) is 0. The molecule has 1 atom stereocenters. The molecule has 0 saturated carbocycles. The molecule has 1 unspecified atom stereocenters. The first-order valence-corrected chi connectivity index (χ1v) is 13.1. The maximum absolute atomic E-state index is 13.2. The molecule has 2 heterocycles. The number of nitrogens with zero attached hydrogens (tertiary/aromatic N) is 3. The molecular weight excluding hydrogens is 477 g/mol. The molecule has 0 aliphatic carbocycles. The number of carbonyl (C=O) groups excluding carboxylic acids is 1. The van der Waals surface area contributed by atoms with Crippen LogP contribution in [0.1, 0.15) is 19.8 Å². The highest BCUT2D eigenvalue weighted by Crippen LogP contribution is 2.26. The van der Waals surface area contributed by atoms with E-state index in [1.807, 2.05) is 25.1 Å². The van der Waals surface area contributed by atoms with Gasteiger partial charge in [-0.2, -0.15) is 9.30 Å². The van der Waals surface area contributed by atoms with Crippen LogP contribution < -0.4 is 9.54 Å². The zero-order valence-electron chi connectivity index (χ0n) is 18.6. The summed E-state index contributed by atoms with van der Waals surface area (Å²) in [5, 5.41) is 0. The quantitative estimate of drug-likeness (QED) is 0.485. The molecule has 1 aliphatic heterocycles. The van der Waals surface area contributed by atoms with Crippen LogP contribution in [0.3, 0.4) is 0 Å². The summed E-state index contributed by atoms with van der Waals surface area (Å²) >= 11 is 1.33. The van der Waals surface area contributed by atoms with Crippen molar-refractivity contribution in [3.05, 3.63) is 53.1 Å². The van der Waals surface area contributed by atoms with E-state index in [2.05, 4.69) is 10.9 Å². The Kier molecular flexibility index (Phi) is 7.16. The highest BCUT2D eigenvalue weighted by molar-refractivity contribution is 7.89. The van der Waals surface area contributed by atoms with Gasteiger partial charge < -0.3 is 9.30 Å². The van der Waals surface area contributed by atoms with Gasteiger partial charge >= 0.3 is 0 Å². The summed E-state index contributed by atoms with van der Waals surface area (Å²) in [5.41, 5.74) is 0.849. The largest absolute Gasteiger partial charge is 0.494 e. The first-order chi connectivity index (χ1) is 16.3. The third-order valence-corrected chi connectivity index (χ3v) is 8.53. The number of carbonyl (C=O) groups is 1. The Morgan fingerprint density at radius 1 is 1.29 bits per heavy atom. The zero-order valence-corrected chi connectivity index (χ0v) is 20.2. The fraction of sp³-hybridized carbons (Fsp3) is 0.333. The Bertz CT molecular complexity index is 1420. The molecule has 0 spiro atoms. The van der Waals surface area contributed by atoms with Crippen LogP contribution in [0.4, 0.5) is 4.39 Å². The Morgan fingerprint density at radius 2 is 2.06 bits per heavy atom. The summed E-state index contributed by atoms with van der Waals surface area (Å²) in [4.78, 5) is 17.9. The summed E-state index contributed by atoms with van der Waals surface area (Å²) < 4.78 is 48.7. The Labute approximate surface area is 201 Å². The van der Waals surface area contributed by atoms with Crippen LogP contribution in [-0.4, -0.2) is 42.9 Å². The number of sulfonamides is 1. The molecule has 0 bridgehead atoms. The van der Waals surface area contributed by atoms with Crippen molar-refractivity contribution < 1.29 is 22.3 Å². The summed E-state index contributed by atoms with van der Waals surface area (Å²) in [6, 6.07) is 10.3. The van der Waals surface area contributed by atoms with Gasteiger partial charge in [0.1, 0.15) is 11.6 Å². The van der Waals surface area contributed by atoms with Crippen molar-refractivity contribution in [2.45, 2.75) is 31.2 Å². The molecule has 1 aliphatic rings. The molecule has 10 heteroatoms. The second kappa shape index (κ2) is 10.1. The van der Waals surface area contributed by atoms with E-state index < -0.39 is 21.8 Å². The van der Waals surface area contributed by atoms with E-state index in [1.54, 1.807) is 4.57 Å². The fourth-order valence-corrected chi connectivity index (χ4v) is 6.53. The number of aromatic nitrogens is 1. The Balaban J connectivity index is 1.62. The van der Waals surface area contributed by atoms with Gasteiger partial charge in [0.05, 0.1) is 34.2 Å². The van der Waals surface area contributed by atoms with Gasteiger partial charge in [-0.05, 0) is 62.2 Å². The number of fused-ring (bicyclic) bond motifs is 1. The average molecular weight is 502 g/mol. The van der Waals surface area contributed by atoms with Crippen molar-refractivity contribution in [3.63, 3.8) is 0 Å². The third-order valence-electron chi connectivity index (χ3n) is 5.61. The standard InChI is InChI=1S/C24H24FN3O4S2/c1-3-13-28-21-12-9-19(32-4-2)15-22(21)33-24(28)26-23(29)17-6-5-14-27(16-17)34(30,31)20-10-7-18(25)8-11-20/h1,7-12,15,17H,4-6,13-14,16H2,2H3. The van der Waals surface area contributed by atoms with Crippen LogP contribution in [0, 0.1) is 24.1 Å². The summed E-state index contributed by atoms with van der Waals surface area (Å²) in [7, 11) is -3.84. The first-order valence-electron chi connectivity index (χ1n) is 10.9. The number of ether oxygens (including phenoxy) is 1. The summed E-state index contributed by atoms with van der Waals surface area (Å²) in [6.07, 6.45) is 6.61. The van der Waals surface area contributed by atoms with Crippen LogP contribution in [0.2, 0.25) is 0 Å². The lowest BCUT2D eigenvalue weighted by Crippen LogP contribution is -2.42. The van der Waals surface area contributed by atoms with Crippen molar-refractivity contribution in [1.29, 1.82) is 0 Å². The molecule has 0 radical (unpaired) electrons. The van der Waals surface area contributed by atoms with Gasteiger partial charge in [0.15, 0.2) is 4.80 Å². The first kappa shape index (κ1) is 24.1. The molecule has 0 N–H and O–H groups in total. The zero-order chi connectivity index (χ0) is 24.3. The lowest BCUT2D eigenvalue weighted by Gasteiger charge is -2.30.